The number of rotatable bonds is 4. The van der Waals surface area contributed by atoms with Crippen LogP contribution in [0.4, 0.5) is 0 Å². The molecule has 0 spiro atoms. The van der Waals surface area contributed by atoms with Crippen LogP contribution in [0.5, 0.6) is 5.75 Å². The van der Waals surface area contributed by atoms with Crippen molar-refractivity contribution in [1.82, 2.24) is 4.98 Å². The van der Waals surface area contributed by atoms with Gasteiger partial charge in [0, 0.05) is 10.6 Å². The quantitative estimate of drug-likeness (QED) is 0.852. The fourth-order valence-corrected chi connectivity index (χ4v) is 3.12. The molecule has 2 rings (SSSR count). The highest BCUT2D eigenvalue weighted by atomic mass is 32.1. The molecule has 18 heavy (non-hydrogen) atoms. The van der Waals surface area contributed by atoms with E-state index in [0.717, 1.165) is 22.2 Å². The first-order valence-electron chi connectivity index (χ1n) is 5.85. The predicted octanol–water partition coefficient (Wildman–Crippen LogP) is 4.08. The first kappa shape index (κ1) is 13.4. The fraction of sp³-hybridized carbons (Fsp3) is 0.357. The molecule has 1 aromatic heterocycles. The Labute approximate surface area is 117 Å². The zero-order chi connectivity index (χ0) is 13.1. The Morgan fingerprint density at radius 1 is 1.17 bits per heavy atom. The Morgan fingerprint density at radius 2 is 1.83 bits per heavy atom. The molecule has 0 saturated heterocycles. The van der Waals surface area contributed by atoms with E-state index in [2.05, 4.69) is 37.5 Å². The van der Waals surface area contributed by atoms with Crippen LogP contribution in [-0.4, -0.2) is 4.98 Å². The van der Waals surface area contributed by atoms with Gasteiger partial charge in [-0.05, 0) is 44.0 Å². The number of thiol groups is 1. The van der Waals surface area contributed by atoms with Crippen molar-refractivity contribution in [3.05, 3.63) is 44.9 Å². The van der Waals surface area contributed by atoms with Crippen LogP contribution >= 0.6 is 24.0 Å². The number of benzene rings is 1. The Balaban J connectivity index is 2.06. The second kappa shape index (κ2) is 5.76. The summed E-state index contributed by atoms with van der Waals surface area (Å²) in [5.74, 6) is 1.65. The summed E-state index contributed by atoms with van der Waals surface area (Å²) >= 11 is 5.96. The van der Waals surface area contributed by atoms with Gasteiger partial charge in [-0.1, -0.05) is 6.07 Å². The zero-order valence-electron chi connectivity index (χ0n) is 10.9. The third-order valence-electron chi connectivity index (χ3n) is 2.64. The van der Waals surface area contributed by atoms with E-state index in [9.17, 15) is 0 Å². The topological polar surface area (TPSA) is 22.1 Å². The van der Waals surface area contributed by atoms with E-state index in [-0.39, 0.29) is 0 Å². The van der Waals surface area contributed by atoms with Crippen molar-refractivity contribution in [3.63, 3.8) is 0 Å². The van der Waals surface area contributed by atoms with Crippen LogP contribution in [0.3, 0.4) is 0 Å². The summed E-state index contributed by atoms with van der Waals surface area (Å²) in [6.07, 6.45) is 0. The van der Waals surface area contributed by atoms with E-state index < -0.39 is 0 Å². The SMILES string of the molecule is Cc1cc(C)cc(OCc2nc(C)c(CS)s2)c1. The van der Waals surface area contributed by atoms with Crippen LogP contribution in [0.2, 0.25) is 0 Å². The average Bonchev–Trinajstić information content (AvgIpc) is 2.66. The maximum atomic E-state index is 5.79. The molecule has 0 aliphatic heterocycles. The maximum absolute atomic E-state index is 5.79. The monoisotopic (exact) mass is 279 g/mol. The normalized spacial score (nSPS) is 10.7. The summed E-state index contributed by atoms with van der Waals surface area (Å²) < 4.78 is 5.79. The molecule has 0 fully saturated rings. The molecule has 2 nitrogen and oxygen atoms in total. The van der Waals surface area contributed by atoms with Gasteiger partial charge in [-0.25, -0.2) is 4.98 Å². The van der Waals surface area contributed by atoms with Crippen molar-refractivity contribution in [2.45, 2.75) is 33.1 Å². The van der Waals surface area contributed by atoms with E-state index in [0.29, 0.717) is 6.61 Å². The van der Waals surface area contributed by atoms with Gasteiger partial charge in [0.05, 0.1) is 5.69 Å². The Hall–Kier alpha value is -1.000. The van der Waals surface area contributed by atoms with Crippen molar-refractivity contribution in [1.29, 1.82) is 0 Å². The van der Waals surface area contributed by atoms with Gasteiger partial charge in [0.15, 0.2) is 0 Å². The molecule has 0 bridgehead atoms. The highest BCUT2D eigenvalue weighted by Crippen LogP contribution is 2.22. The molecule has 0 N–H and O–H groups in total. The molecule has 0 unspecified atom stereocenters. The molecule has 4 heteroatoms. The highest BCUT2D eigenvalue weighted by molar-refractivity contribution is 7.79. The van der Waals surface area contributed by atoms with Gasteiger partial charge >= 0.3 is 0 Å². The van der Waals surface area contributed by atoms with Gasteiger partial charge in [0.2, 0.25) is 0 Å². The summed E-state index contributed by atoms with van der Waals surface area (Å²) in [6, 6.07) is 6.24. The summed E-state index contributed by atoms with van der Waals surface area (Å²) in [4.78, 5) is 5.71. The molecule has 0 amide bonds. The predicted molar refractivity (Wildman–Crippen MR) is 79.8 cm³/mol. The highest BCUT2D eigenvalue weighted by Gasteiger charge is 2.07. The number of thiazole rings is 1. The van der Waals surface area contributed by atoms with Gasteiger partial charge < -0.3 is 4.74 Å². The van der Waals surface area contributed by atoms with E-state index in [1.54, 1.807) is 11.3 Å². The molecule has 0 saturated carbocycles. The summed E-state index contributed by atoms with van der Waals surface area (Å²) in [6.45, 7) is 6.70. The first-order chi connectivity index (χ1) is 8.58. The Kier molecular flexibility index (Phi) is 4.30. The summed E-state index contributed by atoms with van der Waals surface area (Å²) in [7, 11) is 0. The molecular weight excluding hydrogens is 262 g/mol. The number of ether oxygens (including phenoxy) is 1. The second-order valence-electron chi connectivity index (χ2n) is 4.39. The van der Waals surface area contributed by atoms with E-state index in [1.165, 1.54) is 16.0 Å². The van der Waals surface area contributed by atoms with Crippen LogP contribution in [0.25, 0.3) is 0 Å². The molecule has 96 valence electrons. The second-order valence-corrected chi connectivity index (χ2v) is 5.87. The number of aryl methyl sites for hydroxylation is 3. The van der Waals surface area contributed by atoms with Gasteiger partial charge in [-0.2, -0.15) is 12.6 Å². The Bertz CT molecular complexity index is 528. The van der Waals surface area contributed by atoms with E-state index in [4.69, 9.17) is 4.74 Å². The van der Waals surface area contributed by atoms with Crippen LogP contribution < -0.4 is 4.74 Å². The number of hydrogen-bond acceptors (Lipinski definition) is 4. The number of aromatic nitrogens is 1. The third kappa shape index (κ3) is 3.27. The van der Waals surface area contributed by atoms with Crippen LogP contribution in [0.1, 0.15) is 26.7 Å². The lowest BCUT2D eigenvalue weighted by molar-refractivity contribution is 0.305. The molecular formula is C14H17NOS2. The summed E-state index contributed by atoms with van der Waals surface area (Å²) in [5.41, 5.74) is 3.50. The fourth-order valence-electron chi connectivity index (χ4n) is 1.86. The van der Waals surface area contributed by atoms with E-state index >= 15 is 0 Å². The molecule has 0 radical (unpaired) electrons. The molecule has 2 aromatic rings. The summed E-state index contributed by atoms with van der Waals surface area (Å²) in [5, 5.41) is 1.01. The van der Waals surface area contributed by atoms with Crippen molar-refractivity contribution in [2.24, 2.45) is 0 Å². The minimum atomic E-state index is 0.530. The zero-order valence-corrected chi connectivity index (χ0v) is 12.6. The van der Waals surface area contributed by atoms with Crippen LogP contribution in [0, 0.1) is 20.8 Å². The van der Waals surface area contributed by atoms with Gasteiger partial charge in [-0.15, -0.1) is 11.3 Å². The maximum Gasteiger partial charge on any atom is 0.140 e. The lowest BCUT2D eigenvalue weighted by Gasteiger charge is -2.06. The molecule has 1 heterocycles. The van der Waals surface area contributed by atoms with E-state index in [1.807, 2.05) is 19.1 Å². The van der Waals surface area contributed by atoms with Crippen molar-refractivity contribution in [3.8, 4) is 5.75 Å². The minimum absolute atomic E-state index is 0.530. The first-order valence-corrected chi connectivity index (χ1v) is 7.30. The largest absolute Gasteiger partial charge is 0.486 e. The van der Waals surface area contributed by atoms with Crippen molar-refractivity contribution >= 4 is 24.0 Å². The molecule has 0 aliphatic carbocycles. The number of nitrogens with zero attached hydrogens (tertiary/aromatic N) is 1. The smallest absolute Gasteiger partial charge is 0.140 e. The Morgan fingerprint density at radius 3 is 2.39 bits per heavy atom. The van der Waals surface area contributed by atoms with Gasteiger partial charge in [0.1, 0.15) is 17.4 Å². The molecule has 1 aromatic carbocycles. The van der Waals surface area contributed by atoms with Gasteiger partial charge in [0.25, 0.3) is 0 Å². The molecule has 0 atom stereocenters. The standard InChI is InChI=1S/C14H17NOS2/c1-9-4-10(2)6-12(5-9)16-7-14-15-11(3)13(8-17)18-14/h4-6,17H,7-8H2,1-3H3. The molecule has 0 aliphatic rings. The minimum Gasteiger partial charge on any atom is -0.486 e. The number of hydrogen-bond donors (Lipinski definition) is 1. The van der Waals surface area contributed by atoms with Crippen LogP contribution in [-0.2, 0) is 12.4 Å². The average molecular weight is 279 g/mol. The van der Waals surface area contributed by atoms with Crippen molar-refractivity contribution in [2.75, 3.05) is 0 Å². The lowest BCUT2D eigenvalue weighted by atomic mass is 10.1. The lowest BCUT2D eigenvalue weighted by Crippen LogP contribution is -1.95. The van der Waals surface area contributed by atoms with Crippen LogP contribution in [0.15, 0.2) is 18.2 Å². The third-order valence-corrected chi connectivity index (χ3v) is 4.30. The van der Waals surface area contributed by atoms with Gasteiger partial charge in [-0.3, -0.25) is 0 Å². The van der Waals surface area contributed by atoms with Crippen molar-refractivity contribution < 1.29 is 4.74 Å².